The van der Waals surface area contributed by atoms with Crippen LogP contribution in [0, 0.1) is 20.8 Å². The standard InChI is InChI=1S/C16H21N5O2/c1-9-16(10(2)21(4)20-9)23-8-15(22)19-14-7-13(12-5-6-12)17-11(3)18-14/h7,12H,5-6,8H2,1-4H3,(H,17,18,19,22). The smallest absolute Gasteiger partial charge is 0.263 e. The fourth-order valence-corrected chi connectivity index (χ4v) is 2.52. The number of rotatable bonds is 5. The molecule has 0 aromatic carbocycles. The average molecular weight is 315 g/mol. The maximum atomic E-state index is 12.1. The number of nitrogens with one attached hydrogen (secondary N) is 1. The lowest BCUT2D eigenvalue weighted by Crippen LogP contribution is -2.21. The van der Waals surface area contributed by atoms with Crippen molar-refractivity contribution in [3.8, 4) is 5.75 Å². The van der Waals surface area contributed by atoms with Crippen molar-refractivity contribution >= 4 is 11.7 Å². The molecular formula is C16H21N5O2. The molecule has 0 aliphatic heterocycles. The molecule has 0 unspecified atom stereocenters. The molecule has 1 aliphatic rings. The van der Waals surface area contributed by atoms with Gasteiger partial charge >= 0.3 is 0 Å². The first-order valence-electron chi connectivity index (χ1n) is 7.72. The maximum absolute atomic E-state index is 12.1. The molecule has 1 N–H and O–H groups in total. The van der Waals surface area contributed by atoms with Gasteiger partial charge in [0.05, 0.1) is 5.69 Å². The highest BCUT2D eigenvalue weighted by Crippen LogP contribution is 2.39. The predicted octanol–water partition coefficient (Wildman–Crippen LogP) is 2.03. The second kappa shape index (κ2) is 5.98. The second-order valence-corrected chi connectivity index (χ2v) is 5.96. The van der Waals surface area contributed by atoms with Gasteiger partial charge in [-0.1, -0.05) is 0 Å². The zero-order valence-corrected chi connectivity index (χ0v) is 13.9. The molecule has 0 saturated heterocycles. The van der Waals surface area contributed by atoms with Crippen molar-refractivity contribution in [2.75, 3.05) is 11.9 Å². The molecule has 7 heteroatoms. The summed E-state index contributed by atoms with van der Waals surface area (Å²) in [5, 5.41) is 7.04. The predicted molar refractivity (Wildman–Crippen MR) is 85.6 cm³/mol. The minimum Gasteiger partial charge on any atom is -0.480 e. The minimum absolute atomic E-state index is 0.0742. The van der Waals surface area contributed by atoms with E-state index in [1.54, 1.807) is 4.68 Å². The van der Waals surface area contributed by atoms with E-state index >= 15 is 0 Å². The Bertz CT molecular complexity index is 749. The summed E-state index contributed by atoms with van der Waals surface area (Å²) in [6, 6.07) is 1.85. The molecule has 0 atom stereocenters. The van der Waals surface area contributed by atoms with Crippen molar-refractivity contribution in [1.29, 1.82) is 0 Å². The van der Waals surface area contributed by atoms with Gasteiger partial charge in [0.15, 0.2) is 12.4 Å². The molecule has 2 aromatic heterocycles. The van der Waals surface area contributed by atoms with Crippen molar-refractivity contribution in [3.63, 3.8) is 0 Å². The number of ether oxygens (including phenoxy) is 1. The van der Waals surface area contributed by atoms with E-state index in [4.69, 9.17) is 4.74 Å². The SMILES string of the molecule is Cc1nc(NC(=O)COc2c(C)nn(C)c2C)cc(C2CC2)n1. The van der Waals surface area contributed by atoms with E-state index in [0.29, 0.717) is 23.3 Å². The third-order valence-corrected chi connectivity index (χ3v) is 3.91. The third kappa shape index (κ3) is 3.49. The molecule has 0 radical (unpaired) electrons. The highest BCUT2D eigenvalue weighted by molar-refractivity contribution is 5.91. The fourth-order valence-electron chi connectivity index (χ4n) is 2.52. The molecular weight excluding hydrogens is 294 g/mol. The molecule has 1 amide bonds. The molecule has 23 heavy (non-hydrogen) atoms. The number of anilines is 1. The number of hydrogen-bond donors (Lipinski definition) is 1. The van der Waals surface area contributed by atoms with Gasteiger partial charge in [0, 0.05) is 24.7 Å². The van der Waals surface area contributed by atoms with Crippen LogP contribution in [-0.2, 0) is 11.8 Å². The number of carbonyl (C=O) groups is 1. The second-order valence-electron chi connectivity index (χ2n) is 5.96. The van der Waals surface area contributed by atoms with Crippen LogP contribution in [0.5, 0.6) is 5.75 Å². The van der Waals surface area contributed by atoms with Crippen LogP contribution in [-0.4, -0.2) is 32.3 Å². The van der Waals surface area contributed by atoms with Crippen molar-refractivity contribution in [2.24, 2.45) is 7.05 Å². The van der Waals surface area contributed by atoms with Crippen LogP contribution in [0.15, 0.2) is 6.07 Å². The summed E-state index contributed by atoms with van der Waals surface area (Å²) >= 11 is 0. The molecule has 1 aliphatic carbocycles. The van der Waals surface area contributed by atoms with E-state index in [9.17, 15) is 4.79 Å². The largest absolute Gasteiger partial charge is 0.480 e. The van der Waals surface area contributed by atoms with Gasteiger partial charge in [0.2, 0.25) is 0 Å². The van der Waals surface area contributed by atoms with E-state index in [0.717, 1.165) is 29.9 Å². The van der Waals surface area contributed by atoms with E-state index in [-0.39, 0.29) is 12.5 Å². The summed E-state index contributed by atoms with van der Waals surface area (Å²) < 4.78 is 7.34. The zero-order valence-electron chi connectivity index (χ0n) is 13.9. The first kappa shape index (κ1) is 15.5. The molecule has 1 saturated carbocycles. The van der Waals surface area contributed by atoms with Gasteiger partial charge < -0.3 is 10.1 Å². The Balaban J connectivity index is 1.63. The summed E-state index contributed by atoms with van der Waals surface area (Å²) in [7, 11) is 1.85. The Kier molecular flexibility index (Phi) is 4.02. The Morgan fingerprint density at radius 1 is 1.35 bits per heavy atom. The minimum atomic E-state index is -0.243. The van der Waals surface area contributed by atoms with Crippen LogP contribution in [0.3, 0.4) is 0 Å². The molecule has 0 bridgehead atoms. The number of carbonyl (C=O) groups excluding carboxylic acids is 1. The summed E-state index contributed by atoms with van der Waals surface area (Å²) in [4.78, 5) is 20.8. The van der Waals surface area contributed by atoms with E-state index < -0.39 is 0 Å². The van der Waals surface area contributed by atoms with Crippen LogP contribution in [0.25, 0.3) is 0 Å². The van der Waals surface area contributed by atoms with Gasteiger partial charge in [-0.15, -0.1) is 0 Å². The van der Waals surface area contributed by atoms with Crippen molar-refractivity contribution in [3.05, 3.63) is 29.0 Å². The first-order valence-corrected chi connectivity index (χ1v) is 7.72. The van der Waals surface area contributed by atoms with Crippen molar-refractivity contribution in [2.45, 2.75) is 39.5 Å². The molecule has 122 valence electrons. The quantitative estimate of drug-likeness (QED) is 0.913. The molecule has 3 rings (SSSR count). The molecule has 2 heterocycles. The number of aryl methyl sites for hydroxylation is 3. The molecule has 1 fully saturated rings. The van der Waals surface area contributed by atoms with Gasteiger partial charge in [-0.05, 0) is 33.6 Å². The number of hydrogen-bond acceptors (Lipinski definition) is 5. The topological polar surface area (TPSA) is 81.9 Å². The zero-order chi connectivity index (χ0) is 16.6. The molecule has 0 spiro atoms. The average Bonchev–Trinajstić information content (AvgIpc) is 3.27. The molecule has 7 nitrogen and oxygen atoms in total. The van der Waals surface area contributed by atoms with Crippen molar-refractivity contribution in [1.82, 2.24) is 19.7 Å². The third-order valence-electron chi connectivity index (χ3n) is 3.91. The Morgan fingerprint density at radius 3 is 2.70 bits per heavy atom. The number of amides is 1. The van der Waals surface area contributed by atoms with Gasteiger partial charge in [0.1, 0.15) is 17.3 Å². The highest BCUT2D eigenvalue weighted by atomic mass is 16.5. The number of nitrogens with zero attached hydrogens (tertiary/aromatic N) is 4. The monoisotopic (exact) mass is 315 g/mol. The van der Waals surface area contributed by atoms with Crippen LogP contribution >= 0.6 is 0 Å². The summed E-state index contributed by atoms with van der Waals surface area (Å²) in [5.74, 6) is 2.13. The fraction of sp³-hybridized carbons (Fsp3) is 0.500. The normalized spacial score (nSPS) is 13.9. The highest BCUT2D eigenvalue weighted by Gasteiger charge is 2.26. The first-order chi connectivity index (χ1) is 10.9. The van der Waals surface area contributed by atoms with Gasteiger partial charge in [-0.25, -0.2) is 9.97 Å². The maximum Gasteiger partial charge on any atom is 0.263 e. The Morgan fingerprint density at radius 2 is 2.09 bits per heavy atom. The van der Waals surface area contributed by atoms with Gasteiger partial charge in [-0.2, -0.15) is 5.10 Å². The van der Waals surface area contributed by atoms with Crippen LogP contribution in [0.2, 0.25) is 0 Å². The Hall–Kier alpha value is -2.44. The van der Waals surface area contributed by atoms with E-state index in [1.807, 2.05) is 33.9 Å². The van der Waals surface area contributed by atoms with Crippen LogP contribution < -0.4 is 10.1 Å². The van der Waals surface area contributed by atoms with E-state index in [2.05, 4.69) is 20.4 Å². The van der Waals surface area contributed by atoms with Gasteiger partial charge in [-0.3, -0.25) is 9.48 Å². The van der Waals surface area contributed by atoms with Gasteiger partial charge in [0.25, 0.3) is 5.91 Å². The van der Waals surface area contributed by atoms with E-state index in [1.165, 1.54) is 0 Å². The summed E-state index contributed by atoms with van der Waals surface area (Å²) in [6.45, 7) is 5.52. The molecule has 2 aromatic rings. The lowest BCUT2D eigenvalue weighted by atomic mass is 10.2. The summed E-state index contributed by atoms with van der Waals surface area (Å²) in [5.41, 5.74) is 2.67. The lowest BCUT2D eigenvalue weighted by Gasteiger charge is -2.09. The lowest BCUT2D eigenvalue weighted by molar-refractivity contribution is -0.118. The van der Waals surface area contributed by atoms with Crippen LogP contribution in [0.1, 0.15) is 41.7 Å². The van der Waals surface area contributed by atoms with Crippen molar-refractivity contribution < 1.29 is 9.53 Å². The summed E-state index contributed by atoms with van der Waals surface area (Å²) in [6.07, 6.45) is 2.32. The number of aromatic nitrogens is 4. The van der Waals surface area contributed by atoms with Crippen LogP contribution in [0.4, 0.5) is 5.82 Å². The Labute approximate surface area is 135 Å².